The van der Waals surface area contributed by atoms with Gasteiger partial charge in [0.2, 0.25) is 0 Å². The molecule has 1 aromatic rings. The maximum absolute atomic E-state index is 6.01. The summed E-state index contributed by atoms with van der Waals surface area (Å²) in [6.45, 7) is 11.8. The number of rotatable bonds is 0. The van der Waals surface area contributed by atoms with Gasteiger partial charge in [0.1, 0.15) is 11.4 Å². The molecule has 0 saturated carbocycles. The fourth-order valence-electron chi connectivity index (χ4n) is 1.31. The Bertz CT molecular complexity index is 389. The molecule has 0 radical (unpaired) electrons. The van der Waals surface area contributed by atoms with Gasteiger partial charge in [-0.25, -0.2) is 4.98 Å². The number of nitrogens with zero attached hydrogens (tertiary/aromatic N) is 2. The summed E-state index contributed by atoms with van der Waals surface area (Å²) >= 11 is 1.65. The van der Waals surface area contributed by atoms with E-state index >= 15 is 0 Å². The zero-order chi connectivity index (χ0) is 13.5. The molecule has 0 fully saturated rings. The molecule has 1 aliphatic rings. The van der Waals surface area contributed by atoms with Crippen molar-refractivity contribution in [3.05, 3.63) is 21.7 Å². The molecule has 0 bridgehead atoms. The van der Waals surface area contributed by atoms with E-state index < -0.39 is 5.66 Å². The van der Waals surface area contributed by atoms with Crippen molar-refractivity contribution in [3.8, 4) is 0 Å². The van der Waals surface area contributed by atoms with Gasteiger partial charge < -0.3 is 5.73 Å². The third-order valence-electron chi connectivity index (χ3n) is 1.92. The van der Waals surface area contributed by atoms with E-state index in [1.807, 2.05) is 53.7 Å². The molecule has 3 nitrogen and oxygen atoms in total. The molecular weight excluding hydrogens is 230 g/mol. The SMILES string of the molecule is CC.CC.Cc1nc2c(s1)C=CC=NC2(C)N. The molecular formula is C13H23N3S. The Balaban J connectivity index is 0.000000581. The Morgan fingerprint density at radius 3 is 2.41 bits per heavy atom. The highest BCUT2D eigenvalue weighted by Crippen LogP contribution is 2.29. The molecule has 0 spiro atoms. The average molecular weight is 253 g/mol. The lowest BCUT2D eigenvalue weighted by molar-refractivity contribution is 0.512. The second-order valence-corrected chi connectivity index (χ2v) is 4.47. The molecule has 0 saturated heterocycles. The standard InChI is InChI=1S/C9H11N3S.2C2H6/c1-6-12-8-7(13-6)4-3-5-11-9(8,2)10;2*1-2/h3-5H,10H2,1-2H3;2*1-2H3. The van der Waals surface area contributed by atoms with Gasteiger partial charge in [-0.1, -0.05) is 27.7 Å². The maximum Gasteiger partial charge on any atom is 0.149 e. The number of thiazole rings is 1. The van der Waals surface area contributed by atoms with Crippen LogP contribution in [0.2, 0.25) is 0 Å². The van der Waals surface area contributed by atoms with E-state index in [1.165, 1.54) is 0 Å². The van der Waals surface area contributed by atoms with Crippen LogP contribution >= 0.6 is 11.3 Å². The number of aliphatic imine (C=N–C) groups is 1. The molecule has 2 heterocycles. The summed E-state index contributed by atoms with van der Waals surface area (Å²) in [4.78, 5) is 9.72. The van der Waals surface area contributed by atoms with Crippen molar-refractivity contribution in [2.45, 2.75) is 47.2 Å². The average Bonchev–Trinajstić information content (AvgIpc) is 2.66. The van der Waals surface area contributed by atoms with Gasteiger partial charge in [0.05, 0.1) is 9.88 Å². The van der Waals surface area contributed by atoms with E-state index in [4.69, 9.17) is 5.73 Å². The highest BCUT2D eigenvalue weighted by atomic mass is 32.1. The van der Waals surface area contributed by atoms with Crippen LogP contribution in [-0.4, -0.2) is 11.2 Å². The van der Waals surface area contributed by atoms with Crippen LogP contribution in [0.25, 0.3) is 6.08 Å². The fraction of sp³-hybridized carbons (Fsp3) is 0.538. The molecule has 1 aliphatic heterocycles. The lowest BCUT2D eigenvalue weighted by atomic mass is 10.1. The molecule has 0 aromatic carbocycles. The van der Waals surface area contributed by atoms with Gasteiger partial charge in [-0.3, -0.25) is 4.99 Å². The number of hydrogen-bond donors (Lipinski definition) is 1. The topological polar surface area (TPSA) is 51.3 Å². The molecule has 2 N–H and O–H groups in total. The molecule has 17 heavy (non-hydrogen) atoms. The van der Waals surface area contributed by atoms with Gasteiger partial charge in [-0.2, -0.15) is 0 Å². The predicted molar refractivity (Wildman–Crippen MR) is 78.6 cm³/mol. The van der Waals surface area contributed by atoms with Crippen LogP contribution in [0.3, 0.4) is 0 Å². The van der Waals surface area contributed by atoms with Crippen molar-refractivity contribution in [3.63, 3.8) is 0 Å². The van der Waals surface area contributed by atoms with Gasteiger partial charge in [0.15, 0.2) is 0 Å². The summed E-state index contributed by atoms with van der Waals surface area (Å²) in [7, 11) is 0. The van der Waals surface area contributed by atoms with Crippen LogP contribution in [0.1, 0.15) is 50.2 Å². The summed E-state index contributed by atoms with van der Waals surface area (Å²) in [6.07, 6.45) is 5.62. The molecule has 1 aromatic heterocycles. The summed E-state index contributed by atoms with van der Waals surface area (Å²) in [5, 5.41) is 1.03. The quantitative estimate of drug-likeness (QED) is 0.766. The van der Waals surface area contributed by atoms with Crippen molar-refractivity contribution in [2.75, 3.05) is 0 Å². The molecule has 0 amide bonds. The first-order valence-corrected chi connectivity index (χ1v) is 6.90. The first-order chi connectivity index (χ1) is 8.09. The minimum Gasteiger partial charge on any atom is -0.302 e. The molecule has 96 valence electrons. The minimum absolute atomic E-state index is 0.677. The van der Waals surface area contributed by atoms with Crippen LogP contribution < -0.4 is 5.73 Å². The van der Waals surface area contributed by atoms with Gasteiger partial charge in [0, 0.05) is 6.21 Å². The molecule has 1 atom stereocenters. The van der Waals surface area contributed by atoms with Gasteiger partial charge >= 0.3 is 0 Å². The van der Waals surface area contributed by atoms with E-state index in [0.29, 0.717) is 0 Å². The molecule has 4 heteroatoms. The fourth-order valence-corrected chi connectivity index (χ4v) is 2.26. The Morgan fingerprint density at radius 2 is 1.82 bits per heavy atom. The highest BCUT2D eigenvalue weighted by Gasteiger charge is 2.26. The van der Waals surface area contributed by atoms with Crippen LogP contribution in [0.4, 0.5) is 0 Å². The highest BCUT2D eigenvalue weighted by molar-refractivity contribution is 7.12. The van der Waals surface area contributed by atoms with Gasteiger partial charge in [-0.05, 0) is 26.0 Å². The van der Waals surface area contributed by atoms with Crippen LogP contribution in [0.5, 0.6) is 0 Å². The number of aromatic nitrogens is 1. The third kappa shape index (κ3) is 4.06. The van der Waals surface area contributed by atoms with E-state index in [9.17, 15) is 0 Å². The Kier molecular flexibility index (Phi) is 6.92. The normalized spacial score (nSPS) is 20.4. The van der Waals surface area contributed by atoms with Crippen molar-refractivity contribution < 1.29 is 0 Å². The zero-order valence-corrected chi connectivity index (χ0v) is 12.4. The number of allylic oxidation sites excluding steroid dienone is 1. The third-order valence-corrected chi connectivity index (χ3v) is 2.85. The summed E-state index contributed by atoms with van der Waals surface area (Å²) in [6, 6.07) is 0. The number of aryl methyl sites for hydroxylation is 1. The van der Waals surface area contributed by atoms with Crippen LogP contribution in [0.15, 0.2) is 11.1 Å². The smallest absolute Gasteiger partial charge is 0.149 e. The van der Waals surface area contributed by atoms with Crippen LogP contribution in [0, 0.1) is 6.92 Å². The zero-order valence-electron chi connectivity index (χ0n) is 11.6. The maximum atomic E-state index is 6.01. The van der Waals surface area contributed by atoms with E-state index in [1.54, 1.807) is 17.6 Å². The molecule has 2 rings (SSSR count). The van der Waals surface area contributed by atoms with Crippen LogP contribution in [-0.2, 0) is 5.66 Å². The number of hydrogen-bond acceptors (Lipinski definition) is 4. The van der Waals surface area contributed by atoms with E-state index in [0.717, 1.165) is 15.6 Å². The summed E-state index contributed by atoms with van der Waals surface area (Å²) in [5.41, 5.74) is 6.21. The van der Waals surface area contributed by atoms with Crippen molar-refractivity contribution >= 4 is 23.6 Å². The molecule has 0 aliphatic carbocycles. The number of fused-ring (bicyclic) bond motifs is 1. The van der Waals surface area contributed by atoms with E-state index in [2.05, 4.69) is 9.98 Å². The largest absolute Gasteiger partial charge is 0.302 e. The first kappa shape index (κ1) is 16.0. The Hall–Kier alpha value is -1.00. The second-order valence-electron chi connectivity index (χ2n) is 3.23. The Labute approximate surface area is 108 Å². The summed E-state index contributed by atoms with van der Waals surface area (Å²) in [5.74, 6) is 0. The van der Waals surface area contributed by atoms with Crippen molar-refractivity contribution in [1.82, 2.24) is 4.98 Å². The van der Waals surface area contributed by atoms with Crippen molar-refractivity contribution in [1.29, 1.82) is 0 Å². The number of nitrogens with two attached hydrogens (primary N) is 1. The first-order valence-electron chi connectivity index (χ1n) is 6.08. The monoisotopic (exact) mass is 253 g/mol. The second kappa shape index (κ2) is 7.35. The lowest BCUT2D eigenvalue weighted by Crippen LogP contribution is -2.31. The minimum atomic E-state index is -0.677. The Morgan fingerprint density at radius 1 is 1.24 bits per heavy atom. The summed E-state index contributed by atoms with van der Waals surface area (Å²) < 4.78 is 0. The van der Waals surface area contributed by atoms with Crippen molar-refractivity contribution in [2.24, 2.45) is 10.7 Å². The predicted octanol–water partition coefficient (Wildman–Crippen LogP) is 3.73. The van der Waals surface area contributed by atoms with Gasteiger partial charge in [-0.15, -0.1) is 11.3 Å². The molecule has 1 unspecified atom stereocenters. The van der Waals surface area contributed by atoms with Gasteiger partial charge in [0.25, 0.3) is 0 Å². The van der Waals surface area contributed by atoms with E-state index in [-0.39, 0.29) is 0 Å². The lowest BCUT2D eigenvalue weighted by Gasteiger charge is -2.16.